The van der Waals surface area contributed by atoms with Crippen LogP contribution in [0.3, 0.4) is 0 Å². The molecule has 3 saturated heterocycles. The zero-order valence-electron chi connectivity index (χ0n) is 24.5. The molecular weight excluding hydrogens is 516 g/mol. The molecule has 0 spiro atoms. The minimum absolute atomic E-state index is 0.181. The fraction of sp³-hybridized carbons (Fsp3) is 0.829. The molecule has 6 nitrogen and oxygen atoms in total. The van der Waals surface area contributed by atoms with E-state index in [-0.39, 0.29) is 29.1 Å². The van der Waals surface area contributed by atoms with E-state index in [0.29, 0.717) is 19.8 Å². The Hall–Kier alpha value is -1.50. The first-order valence-corrected chi connectivity index (χ1v) is 17.0. The fourth-order valence-corrected chi connectivity index (χ4v) is 11.8. The van der Waals surface area contributed by atoms with Crippen LogP contribution in [0.15, 0.2) is 6.07 Å². The second kappa shape index (κ2) is 9.01. The SMILES string of the molecule is c1c(OCC2CO2)c(OCC2CO2)c(OCC2CO2)c(C23CC4CC(CC(C4)C2)C3)c1C12CC3CC(CC(C3)C1)C2. The van der Waals surface area contributed by atoms with E-state index in [2.05, 4.69) is 6.07 Å². The highest BCUT2D eigenvalue weighted by Gasteiger charge is 2.58. The molecule has 11 aliphatic rings. The van der Waals surface area contributed by atoms with E-state index in [0.717, 1.165) is 72.6 Å². The van der Waals surface area contributed by atoms with Gasteiger partial charge in [0.05, 0.1) is 19.8 Å². The molecule has 3 unspecified atom stereocenters. The number of hydrogen-bond donors (Lipinski definition) is 0. The fourth-order valence-electron chi connectivity index (χ4n) is 11.8. The lowest BCUT2D eigenvalue weighted by Gasteiger charge is -2.61. The Morgan fingerprint density at radius 3 is 1.37 bits per heavy atom. The van der Waals surface area contributed by atoms with Crippen LogP contribution in [0.5, 0.6) is 17.2 Å². The summed E-state index contributed by atoms with van der Waals surface area (Å²) in [6, 6.07) is 2.49. The van der Waals surface area contributed by atoms with Gasteiger partial charge in [-0.1, -0.05) is 0 Å². The van der Waals surface area contributed by atoms with Crippen molar-refractivity contribution in [2.45, 2.75) is 106 Å². The summed E-state index contributed by atoms with van der Waals surface area (Å²) in [4.78, 5) is 0. The summed E-state index contributed by atoms with van der Waals surface area (Å²) in [5.41, 5.74) is 3.63. The van der Waals surface area contributed by atoms with Crippen molar-refractivity contribution in [3.63, 3.8) is 0 Å². The topological polar surface area (TPSA) is 65.3 Å². The minimum Gasteiger partial charge on any atom is -0.487 e. The standard InChI is InChI=1S/C35H46O6/c1-20-2-22-3-21(1)9-34(8-20,10-22)29-7-30(39-17-26-14-36-26)32(40-18-27-15-37-27)33(41-19-28-16-38-28)31(29)35-11-23-4-24(12-35)6-25(5-23)13-35/h7,20-28H,1-6,8-19H2. The summed E-state index contributed by atoms with van der Waals surface area (Å²) in [5.74, 6) is 8.02. The number of epoxide rings is 3. The molecule has 3 heterocycles. The number of hydrogen-bond acceptors (Lipinski definition) is 6. The molecule has 0 amide bonds. The maximum atomic E-state index is 7.00. The van der Waals surface area contributed by atoms with E-state index < -0.39 is 0 Å². The van der Waals surface area contributed by atoms with Crippen LogP contribution in [0.2, 0.25) is 0 Å². The van der Waals surface area contributed by atoms with Gasteiger partial charge in [-0.05, 0) is 130 Å². The molecule has 1 aromatic carbocycles. The summed E-state index contributed by atoms with van der Waals surface area (Å²) in [6.45, 7) is 4.12. The summed E-state index contributed by atoms with van der Waals surface area (Å²) >= 11 is 0. The van der Waals surface area contributed by atoms with Gasteiger partial charge in [-0.2, -0.15) is 0 Å². The zero-order valence-corrected chi connectivity index (χ0v) is 24.5. The highest BCUT2D eigenvalue weighted by atomic mass is 16.6. The van der Waals surface area contributed by atoms with Crippen molar-refractivity contribution >= 4 is 0 Å². The van der Waals surface area contributed by atoms with Gasteiger partial charge in [0.2, 0.25) is 5.75 Å². The van der Waals surface area contributed by atoms with Crippen molar-refractivity contribution in [1.82, 2.24) is 0 Å². The van der Waals surface area contributed by atoms with Crippen LogP contribution in [-0.4, -0.2) is 58.0 Å². The van der Waals surface area contributed by atoms with Crippen LogP contribution in [0, 0.1) is 35.5 Å². The average Bonchev–Trinajstić information content (AvgIpc) is 3.78. The molecule has 1 aromatic rings. The largest absolute Gasteiger partial charge is 0.487 e. The summed E-state index contributed by atoms with van der Waals surface area (Å²) in [7, 11) is 0. The van der Waals surface area contributed by atoms with Gasteiger partial charge in [-0.3, -0.25) is 0 Å². The first kappa shape index (κ1) is 24.9. The van der Waals surface area contributed by atoms with Gasteiger partial charge < -0.3 is 28.4 Å². The Morgan fingerprint density at radius 1 is 0.537 bits per heavy atom. The lowest BCUT2D eigenvalue weighted by molar-refractivity contribution is -0.0188. The van der Waals surface area contributed by atoms with E-state index in [1.807, 2.05) is 0 Å². The Kier molecular flexibility index (Phi) is 5.47. The van der Waals surface area contributed by atoms with E-state index in [1.165, 1.54) is 77.0 Å². The highest BCUT2D eigenvalue weighted by Crippen LogP contribution is 2.68. The van der Waals surface area contributed by atoms with E-state index in [1.54, 1.807) is 11.1 Å². The molecule has 11 fully saturated rings. The molecule has 0 radical (unpaired) electrons. The van der Waals surface area contributed by atoms with E-state index >= 15 is 0 Å². The third kappa shape index (κ3) is 4.36. The van der Waals surface area contributed by atoms with Crippen molar-refractivity contribution in [3.05, 3.63) is 17.2 Å². The summed E-state index contributed by atoms with van der Waals surface area (Å²) < 4.78 is 37.2. The smallest absolute Gasteiger partial charge is 0.204 e. The van der Waals surface area contributed by atoms with Gasteiger partial charge in [0.25, 0.3) is 0 Å². The maximum absolute atomic E-state index is 7.00. The van der Waals surface area contributed by atoms with Gasteiger partial charge >= 0.3 is 0 Å². The normalized spacial score (nSPS) is 47.5. The summed E-state index contributed by atoms with van der Waals surface area (Å²) in [5, 5.41) is 0. The Bertz CT molecular complexity index is 1140. The minimum atomic E-state index is 0.181. The third-order valence-electron chi connectivity index (χ3n) is 12.8. The molecular formula is C35H46O6. The van der Waals surface area contributed by atoms with Crippen molar-refractivity contribution in [2.24, 2.45) is 35.5 Å². The van der Waals surface area contributed by atoms with E-state index in [9.17, 15) is 0 Å². The molecule has 3 aliphatic heterocycles. The molecule has 41 heavy (non-hydrogen) atoms. The molecule has 8 aliphatic carbocycles. The molecule has 8 saturated carbocycles. The summed E-state index contributed by atoms with van der Waals surface area (Å²) in [6.07, 6.45) is 17.3. The third-order valence-corrected chi connectivity index (χ3v) is 12.8. The Morgan fingerprint density at radius 2 is 0.927 bits per heavy atom. The quantitative estimate of drug-likeness (QED) is 0.311. The monoisotopic (exact) mass is 562 g/mol. The Balaban J connectivity index is 1.17. The van der Waals surface area contributed by atoms with Crippen molar-refractivity contribution in [2.75, 3.05) is 39.6 Å². The Labute approximate surface area is 244 Å². The lowest BCUT2D eigenvalue weighted by atomic mass is 9.44. The number of rotatable bonds is 11. The molecule has 3 atom stereocenters. The first-order valence-electron chi connectivity index (χ1n) is 17.0. The maximum Gasteiger partial charge on any atom is 0.204 e. The van der Waals surface area contributed by atoms with E-state index in [4.69, 9.17) is 28.4 Å². The van der Waals surface area contributed by atoms with Gasteiger partial charge in [-0.15, -0.1) is 0 Å². The highest BCUT2D eigenvalue weighted by molar-refractivity contribution is 5.64. The van der Waals surface area contributed by atoms with Crippen LogP contribution in [0.25, 0.3) is 0 Å². The van der Waals surface area contributed by atoms with Gasteiger partial charge in [0.15, 0.2) is 11.5 Å². The second-order valence-electron chi connectivity index (χ2n) is 16.2. The lowest BCUT2D eigenvalue weighted by Crippen LogP contribution is -2.52. The average molecular weight is 563 g/mol. The van der Waals surface area contributed by atoms with Crippen molar-refractivity contribution in [3.8, 4) is 17.2 Å². The molecule has 0 aromatic heterocycles. The zero-order chi connectivity index (χ0) is 26.8. The molecule has 0 N–H and O–H groups in total. The van der Waals surface area contributed by atoms with Gasteiger partial charge in [0, 0.05) is 11.0 Å². The first-order chi connectivity index (χ1) is 20.1. The molecule has 6 heteroatoms. The number of ether oxygens (including phenoxy) is 6. The van der Waals surface area contributed by atoms with Gasteiger partial charge in [0.1, 0.15) is 38.1 Å². The molecule has 8 bridgehead atoms. The molecule has 12 rings (SSSR count). The van der Waals surface area contributed by atoms with Crippen LogP contribution < -0.4 is 14.2 Å². The molecule has 222 valence electrons. The van der Waals surface area contributed by atoms with Crippen LogP contribution in [0.4, 0.5) is 0 Å². The van der Waals surface area contributed by atoms with Gasteiger partial charge in [-0.25, -0.2) is 0 Å². The predicted octanol–water partition coefficient (Wildman–Crippen LogP) is 5.96. The predicted molar refractivity (Wildman–Crippen MR) is 152 cm³/mol. The second-order valence-corrected chi connectivity index (χ2v) is 16.2. The van der Waals surface area contributed by atoms with Crippen molar-refractivity contribution in [1.29, 1.82) is 0 Å². The van der Waals surface area contributed by atoms with Crippen LogP contribution in [0.1, 0.15) is 88.2 Å². The van der Waals surface area contributed by atoms with Crippen LogP contribution >= 0.6 is 0 Å². The van der Waals surface area contributed by atoms with Crippen LogP contribution in [-0.2, 0) is 25.0 Å². The number of benzene rings is 1. The van der Waals surface area contributed by atoms with Crippen molar-refractivity contribution < 1.29 is 28.4 Å².